The number of nitrogens with zero attached hydrogens (tertiary/aromatic N) is 1. The SMILES string of the molecule is CCN(Cc1cccc2c1OCCO2)C(=O)C(CCSC)NC(=O)c1cccc(C)c1. The van der Waals surface area contributed by atoms with Crippen molar-refractivity contribution in [3.05, 3.63) is 59.2 Å². The number of fused-ring (bicyclic) bond motifs is 1. The van der Waals surface area contributed by atoms with Crippen molar-refractivity contribution in [3.8, 4) is 11.5 Å². The molecule has 1 N–H and O–H groups in total. The first-order valence-corrected chi connectivity index (χ1v) is 12.0. The first-order chi connectivity index (χ1) is 15.0. The Labute approximate surface area is 188 Å². The number of carbonyl (C=O) groups is 2. The molecule has 1 heterocycles. The van der Waals surface area contributed by atoms with E-state index in [-0.39, 0.29) is 11.8 Å². The lowest BCUT2D eigenvalue weighted by molar-refractivity contribution is -0.133. The summed E-state index contributed by atoms with van der Waals surface area (Å²) in [6.07, 6.45) is 2.57. The van der Waals surface area contributed by atoms with Gasteiger partial charge in [-0.3, -0.25) is 9.59 Å². The van der Waals surface area contributed by atoms with Gasteiger partial charge in [-0.1, -0.05) is 29.8 Å². The highest BCUT2D eigenvalue weighted by Gasteiger charge is 2.27. The molecule has 3 rings (SSSR count). The van der Waals surface area contributed by atoms with Gasteiger partial charge in [0.2, 0.25) is 5.91 Å². The minimum Gasteiger partial charge on any atom is -0.486 e. The summed E-state index contributed by atoms with van der Waals surface area (Å²) in [6, 6.07) is 12.5. The topological polar surface area (TPSA) is 67.9 Å². The van der Waals surface area contributed by atoms with Gasteiger partial charge in [-0.15, -0.1) is 0 Å². The number of amides is 2. The van der Waals surface area contributed by atoms with E-state index in [4.69, 9.17) is 9.47 Å². The summed E-state index contributed by atoms with van der Waals surface area (Å²) < 4.78 is 11.5. The molecule has 2 amide bonds. The van der Waals surface area contributed by atoms with Crippen LogP contribution in [0.3, 0.4) is 0 Å². The van der Waals surface area contributed by atoms with E-state index < -0.39 is 6.04 Å². The van der Waals surface area contributed by atoms with E-state index in [2.05, 4.69) is 5.32 Å². The number of hydrogen-bond acceptors (Lipinski definition) is 5. The second-order valence-electron chi connectivity index (χ2n) is 7.47. The molecule has 0 saturated carbocycles. The highest BCUT2D eigenvalue weighted by atomic mass is 32.2. The summed E-state index contributed by atoms with van der Waals surface area (Å²) in [5, 5.41) is 2.96. The number of hydrogen-bond donors (Lipinski definition) is 1. The zero-order valence-corrected chi connectivity index (χ0v) is 19.2. The van der Waals surface area contributed by atoms with E-state index in [0.29, 0.717) is 49.8 Å². The molecule has 1 unspecified atom stereocenters. The number of nitrogens with one attached hydrogen (secondary N) is 1. The molecule has 0 radical (unpaired) electrons. The van der Waals surface area contributed by atoms with Gasteiger partial charge >= 0.3 is 0 Å². The lowest BCUT2D eigenvalue weighted by Gasteiger charge is -2.29. The number of thioether (sulfide) groups is 1. The fraction of sp³-hybridized carbons (Fsp3) is 0.417. The second-order valence-corrected chi connectivity index (χ2v) is 8.46. The zero-order valence-electron chi connectivity index (χ0n) is 18.3. The number of carbonyl (C=O) groups excluding carboxylic acids is 2. The lowest BCUT2D eigenvalue weighted by Crippen LogP contribution is -2.48. The van der Waals surface area contributed by atoms with Crippen molar-refractivity contribution in [2.75, 3.05) is 31.8 Å². The predicted octanol–water partition coefficient (Wildman–Crippen LogP) is 3.67. The van der Waals surface area contributed by atoms with E-state index in [9.17, 15) is 9.59 Å². The highest BCUT2D eigenvalue weighted by Crippen LogP contribution is 2.34. The molecule has 6 nitrogen and oxygen atoms in total. The van der Waals surface area contributed by atoms with E-state index in [1.165, 1.54) is 0 Å². The average Bonchev–Trinajstić information content (AvgIpc) is 2.79. The van der Waals surface area contributed by atoms with Gasteiger partial charge in [0.15, 0.2) is 11.5 Å². The summed E-state index contributed by atoms with van der Waals surface area (Å²) in [5.74, 6) is 1.86. The molecular formula is C24H30N2O4S. The Kier molecular flexibility index (Phi) is 8.23. The van der Waals surface area contributed by atoms with Gasteiger partial charge in [0.25, 0.3) is 5.91 Å². The fourth-order valence-corrected chi connectivity index (χ4v) is 4.02. The van der Waals surface area contributed by atoms with Gasteiger partial charge in [0, 0.05) is 24.2 Å². The molecule has 0 aromatic heterocycles. The number of rotatable bonds is 9. The van der Waals surface area contributed by atoms with Crippen LogP contribution in [0.2, 0.25) is 0 Å². The Balaban J connectivity index is 1.76. The normalized spacial score (nSPS) is 13.4. The van der Waals surface area contributed by atoms with Crippen molar-refractivity contribution in [1.82, 2.24) is 10.2 Å². The van der Waals surface area contributed by atoms with Crippen molar-refractivity contribution < 1.29 is 19.1 Å². The number of benzene rings is 2. The van der Waals surface area contributed by atoms with Crippen molar-refractivity contribution in [2.45, 2.75) is 32.9 Å². The molecule has 1 aliphatic heterocycles. The van der Waals surface area contributed by atoms with Crippen molar-refractivity contribution in [2.24, 2.45) is 0 Å². The third kappa shape index (κ3) is 5.94. The second kappa shape index (κ2) is 11.1. The van der Waals surface area contributed by atoms with Crippen LogP contribution in [-0.2, 0) is 11.3 Å². The quantitative estimate of drug-likeness (QED) is 0.642. The molecule has 1 aliphatic rings. The lowest BCUT2D eigenvalue weighted by atomic mass is 10.1. The third-order valence-electron chi connectivity index (χ3n) is 5.20. The van der Waals surface area contributed by atoms with Crippen LogP contribution < -0.4 is 14.8 Å². The summed E-state index contributed by atoms with van der Waals surface area (Å²) in [7, 11) is 0. The van der Waals surface area contributed by atoms with Crippen LogP contribution in [0.5, 0.6) is 11.5 Å². The van der Waals surface area contributed by atoms with Gasteiger partial charge < -0.3 is 19.7 Å². The van der Waals surface area contributed by atoms with Crippen molar-refractivity contribution >= 4 is 23.6 Å². The number of para-hydroxylation sites is 1. The fourth-order valence-electron chi connectivity index (χ4n) is 3.55. The Bertz CT molecular complexity index is 918. The Morgan fingerprint density at radius 1 is 1.16 bits per heavy atom. The third-order valence-corrected chi connectivity index (χ3v) is 5.84. The van der Waals surface area contributed by atoms with Gasteiger partial charge in [-0.2, -0.15) is 11.8 Å². The summed E-state index contributed by atoms with van der Waals surface area (Å²) in [4.78, 5) is 28.0. The molecule has 0 fully saturated rings. The van der Waals surface area contributed by atoms with Crippen LogP contribution >= 0.6 is 11.8 Å². The van der Waals surface area contributed by atoms with Crippen molar-refractivity contribution in [1.29, 1.82) is 0 Å². The molecule has 2 aromatic rings. The van der Waals surface area contributed by atoms with Crippen LogP contribution in [0.15, 0.2) is 42.5 Å². The van der Waals surface area contributed by atoms with Gasteiger partial charge in [-0.25, -0.2) is 0 Å². The van der Waals surface area contributed by atoms with Crippen molar-refractivity contribution in [3.63, 3.8) is 0 Å². The van der Waals surface area contributed by atoms with Crippen LogP contribution in [0.4, 0.5) is 0 Å². The van der Waals surface area contributed by atoms with Crippen LogP contribution in [-0.4, -0.2) is 54.5 Å². The molecule has 31 heavy (non-hydrogen) atoms. The molecule has 1 atom stereocenters. The molecule has 7 heteroatoms. The highest BCUT2D eigenvalue weighted by molar-refractivity contribution is 7.98. The Morgan fingerprint density at radius 2 is 1.94 bits per heavy atom. The number of ether oxygens (including phenoxy) is 2. The maximum atomic E-state index is 13.4. The summed E-state index contributed by atoms with van der Waals surface area (Å²) in [5.41, 5.74) is 2.47. The van der Waals surface area contributed by atoms with Gasteiger partial charge in [0.05, 0.1) is 0 Å². The first kappa shape index (κ1) is 23.0. The Morgan fingerprint density at radius 3 is 2.68 bits per heavy atom. The largest absolute Gasteiger partial charge is 0.486 e. The van der Waals surface area contributed by atoms with Gasteiger partial charge in [0.1, 0.15) is 19.3 Å². The molecular weight excluding hydrogens is 412 g/mol. The van der Waals surface area contributed by atoms with Crippen LogP contribution in [0.25, 0.3) is 0 Å². The zero-order chi connectivity index (χ0) is 22.2. The smallest absolute Gasteiger partial charge is 0.251 e. The average molecular weight is 443 g/mol. The van der Waals surface area contributed by atoms with E-state index in [1.54, 1.807) is 22.7 Å². The van der Waals surface area contributed by atoms with E-state index in [0.717, 1.165) is 16.9 Å². The van der Waals surface area contributed by atoms with E-state index >= 15 is 0 Å². The molecule has 0 spiro atoms. The first-order valence-electron chi connectivity index (χ1n) is 10.6. The standard InChI is InChI=1S/C24H30N2O4S/c1-4-26(16-19-9-6-10-21-22(19)30-13-12-29-21)24(28)20(11-14-31-3)25-23(27)18-8-5-7-17(2)15-18/h5-10,15,20H,4,11-14,16H2,1-3H3,(H,25,27). The molecule has 0 aliphatic carbocycles. The van der Waals surface area contributed by atoms with Gasteiger partial charge in [-0.05, 0) is 50.5 Å². The van der Waals surface area contributed by atoms with Crippen LogP contribution in [0.1, 0.15) is 34.8 Å². The monoisotopic (exact) mass is 442 g/mol. The molecule has 0 saturated heterocycles. The summed E-state index contributed by atoms with van der Waals surface area (Å²) in [6.45, 7) is 5.83. The minimum atomic E-state index is -0.586. The molecule has 166 valence electrons. The maximum Gasteiger partial charge on any atom is 0.251 e. The predicted molar refractivity (Wildman–Crippen MR) is 124 cm³/mol. The van der Waals surface area contributed by atoms with Crippen LogP contribution in [0, 0.1) is 6.92 Å². The maximum absolute atomic E-state index is 13.4. The summed E-state index contributed by atoms with van der Waals surface area (Å²) >= 11 is 1.66. The van der Waals surface area contributed by atoms with E-state index in [1.807, 2.05) is 56.5 Å². The minimum absolute atomic E-state index is 0.0908. The molecule has 2 aromatic carbocycles. The molecule has 0 bridgehead atoms. The Hall–Kier alpha value is -2.67. The number of likely N-dealkylation sites (N-methyl/N-ethyl adjacent to an activating group) is 1. The number of aryl methyl sites for hydroxylation is 1.